The first-order chi connectivity index (χ1) is 9.41. The van der Waals surface area contributed by atoms with Gasteiger partial charge in [-0.3, -0.25) is 19.8 Å². The third-order valence-electron chi connectivity index (χ3n) is 2.99. The minimum atomic E-state index is -0.858. The Hall–Kier alpha value is -2.15. The molecule has 0 heterocycles. The number of benzene rings is 1. The van der Waals surface area contributed by atoms with Crippen LogP contribution in [0.4, 0.5) is 5.69 Å². The van der Waals surface area contributed by atoms with Crippen molar-refractivity contribution in [1.82, 2.24) is 4.90 Å². The third kappa shape index (κ3) is 4.85. The van der Waals surface area contributed by atoms with Gasteiger partial charge in [-0.1, -0.05) is 0 Å². The molecule has 20 heavy (non-hydrogen) atoms. The van der Waals surface area contributed by atoms with E-state index in [1.54, 1.807) is 31.0 Å². The molecule has 0 saturated heterocycles. The van der Waals surface area contributed by atoms with E-state index in [0.29, 0.717) is 25.3 Å². The fourth-order valence-corrected chi connectivity index (χ4v) is 1.55. The fourth-order valence-electron chi connectivity index (χ4n) is 1.55. The number of carbonyl (C=O) groups is 1. The number of hydrogen-bond donors (Lipinski definition) is 1. The second kappa shape index (κ2) is 7.44. The summed E-state index contributed by atoms with van der Waals surface area (Å²) in [6, 6.07) is 5.32. The molecule has 1 aromatic carbocycles. The largest absolute Gasteiger partial charge is 0.494 e. The summed E-state index contributed by atoms with van der Waals surface area (Å²) in [6.45, 7) is 2.65. The first-order valence-corrected chi connectivity index (χ1v) is 6.22. The number of hydrogen-bond acceptors (Lipinski definition) is 5. The molecule has 1 rings (SSSR count). The van der Waals surface area contributed by atoms with E-state index in [0.717, 1.165) is 0 Å². The summed E-state index contributed by atoms with van der Waals surface area (Å²) in [5, 5.41) is 19.3. The number of ether oxygens (including phenoxy) is 1. The summed E-state index contributed by atoms with van der Waals surface area (Å²) >= 11 is 0. The van der Waals surface area contributed by atoms with E-state index in [2.05, 4.69) is 0 Å². The summed E-state index contributed by atoms with van der Waals surface area (Å²) in [5.41, 5.74) is 0.0207. The van der Waals surface area contributed by atoms with Crippen LogP contribution < -0.4 is 4.74 Å². The number of carboxylic acid groups (broad SMARTS) is 1. The molecule has 0 fully saturated rings. The predicted molar refractivity (Wildman–Crippen MR) is 72.9 cm³/mol. The molecule has 0 aliphatic rings. The lowest BCUT2D eigenvalue weighted by molar-refractivity contribution is -0.384. The molecule has 0 amide bonds. The van der Waals surface area contributed by atoms with Gasteiger partial charge in [-0.2, -0.15) is 0 Å². The molecule has 0 radical (unpaired) electrons. The Bertz CT molecular complexity index is 460. The van der Waals surface area contributed by atoms with E-state index >= 15 is 0 Å². The molecule has 7 heteroatoms. The zero-order valence-corrected chi connectivity index (χ0v) is 11.5. The molecular formula is C13H18N2O5. The maximum atomic E-state index is 10.8. The Labute approximate surface area is 116 Å². The van der Waals surface area contributed by atoms with Crippen molar-refractivity contribution in [1.29, 1.82) is 0 Å². The van der Waals surface area contributed by atoms with Crippen molar-refractivity contribution < 1.29 is 19.6 Å². The second-order valence-electron chi connectivity index (χ2n) is 4.45. The summed E-state index contributed by atoms with van der Waals surface area (Å²) in [4.78, 5) is 22.5. The van der Waals surface area contributed by atoms with Crippen LogP contribution >= 0.6 is 0 Å². The standard InChI is InChI=1S/C13H18N2O5/c1-10(13(16)17)14(2)8-3-9-20-12-6-4-11(5-7-12)15(18)19/h4-7,10H,3,8-9H2,1-2H3,(H,16,17). The highest BCUT2D eigenvalue weighted by Gasteiger charge is 2.15. The molecule has 1 atom stereocenters. The molecule has 110 valence electrons. The van der Waals surface area contributed by atoms with Crippen molar-refractivity contribution in [2.75, 3.05) is 20.2 Å². The number of nitro benzene ring substituents is 1. The minimum absolute atomic E-state index is 0.0207. The molecule has 1 aromatic rings. The van der Waals surface area contributed by atoms with Crippen molar-refractivity contribution in [2.24, 2.45) is 0 Å². The van der Waals surface area contributed by atoms with Gasteiger partial charge in [0.15, 0.2) is 0 Å². The molecule has 1 N–H and O–H groups in total. The van der Waals surface area contributed by atoms with Gasteiger partial charge in [0.25, 0.3) is 5.69 Å². The number of nitrogens with zero attached hydrogens (tertiary/aromatic N) is 2. The molecule has 0 aliphatic carbocycles. The Morgan fingerprint density at radius 3 is 2.55 bits per heavy atom. The van der Waals surface area contributed by atoms with Gasteiger partial charge >= 0.3 is 5.97 Å². The summed E-state index contributed by atoms with van der Waals surface area (Å²) < 4.78 is 5.43. The number of non-ortho nitro benzene ring substituents is 1. The van der Waals surface area contributed by atoms with Gasteiger partial charge in [-0.25, -0.2) is 0 Å². The maximum absolute atomic E-state index is 10.8. The predicted octanol–water partition coefficient (Wildman–Crippen LogP) is 1.77. The smallest absolute Gasteiger partial charge is 0.320 e. The monoisotopic (exact) mass is 282 g/mol. The van der Waals surface area contributed by atoms with Crippen LogP contribution in [0, 0.1) is 10.1 Å². The van der Waals surface area contributed by atoms with Gasteiger partial charge in [0, 0.05) is 18.7 Å². The van der Waals surface area contributed by atoms with E-state index in [9.17, 15) is 14.9 Å². The Morgan fingerprint density at radius 2 is 2.05 bits per heavy atom. The normalized spacial score (nSPS) is 12.2. The summed E-state index contributed by atoms with van der Waals surface area (Å²) in [7, 11) is 1.74. The van der Waals surface area contributed by atoms with Gasteiger partial charge in [0.1, 0.15) is 11.8 Å². The Morgan fingerprint density at radius 1 is 1.45 bits per heavy atom. The lowest BCUT2D eigenvalue weighted by atomic mass is 10.3. The maximum Gasteiger partial charge on any atom is 0.320 e. The number of carboxylic acids is 1. The van der Waals surface area contributed by atoms with Crippen LogP contribution in [-0.4, -0.2) is 47.1 Å². The number of rotatable bonds is 8. The van der Waals surface area contributed by atoms with Gasteiger partial charge in [0.2, 0.25) is 0 Å². The first kappa shape index (κ1) is 15.9. The van der Waals surface area contributed by atoms with Crippen LogP contribution in [0.15, 0.2) is 24.3 Å². The minimum Gasteiger partial charge on any atom is -0.494 e. The van der Waals surface area contributed by atoms with E-state index in [-0.39, 0.29) is 5.69 Å². The molecule has 0 aliphatic heterocycles. The van der Waals surface area contributed by atoms with Crippen LogP contribution in [0.5, 0.6) is 5.75 Å². The molecule has 1 unspecified atom stereocenters. The Balaban J connectivity index is 2.31. The van der Waals surface area contributed by atoms with Crippen molar-refractivity contribution in [3.8, 4) is 5.75 Å². The van der Waals surface area contributed by atoms with E-state index in [4.69, 9.17) is 9.84 Å². The first-order valence-electron chi connectivity index (χ1n) is 6.22. The van der Waals surface area contributed by atoms with E-state index in [1.807, 2.05) is 0 Å². The average Bonchev–Trinajstić information content (AvgIpc) is 2.42. The highest BCUT2D eigenvalue weighted by molar-refractivity contribution is 5.72. The molecule has 7 nitrogen and oxygen atoms in total. The highest BCUT2D eigenvalue weighted by atomic mass is 16.6. The molecule has 0 aromatic heterocycles. The number of nitro groups is 1. The van der Waals surface area contributed by atoms with Crippen molar-refractivity contribution in [2.45, 2.75) is 19.4 Å². The van der Waals surface area contributed by atoms with Gasteiger partial charge < -0.3 is 9.84 Å². The molecule has 0 bridgehead atoms. The van der Waals surface area contributed by atoms with Gasteiger partial charge in [-0.05, 0) is 32.5 Å². The van der Waals surface area contributed by atoms with E-state index < -0.39 is 16.9 Å². The third-order valence-corrected chi connectivity index (χ3v) is 2.99. The van der Waals surface area contributed by atoms with Crippen molar-refractivity contribution >= 4 is 11.7 Å². The van der Waals surface area contributed by atoms with Gasteiger partial charge in [-0.15, -0.1) is 0 Å². The summed E-state index contributed by atoms with van der Waals surface area (Å²) in [6.07, 6.45) is 0.672. The zero-order chi connectivity index (χ0) is 15.1. The topological polar surface area (TPSA) is 92.9 Å². The quantitative estimate of drug-likeness (QED) is 0.443. The van der Waals surface area contributed by atoms with Crippen LogP contribution in [0.2, 0.25) is 0 Å². The van der Waals surface area contributed by atoms with Crippen LogP contribution in [0.25, 0.3) is 0 Å². The summed E-state index contributed by atoms with van der Waals surface area (Å²) in [5.74, 6) is -0.298. The molecule has 0 spiro atoms. The average molecular weight is 282 g/mol. The molecule has 0 saturated carbocycles. The SMILES string of the molecule is CC(C(=O)O)N(C)CCCOc1ccc([N+](=O)[O-])cc1. The molecular weight excluding hydrogens is 264 g/mol. The van der Waals surface area contributed by atoms with Crippen LogP contribution in [0.3, 0.4) is 0 Å². The highest BCUT2D eigenvalue weighted by Crippen LogP contribution is 2.17. The lowest BCUT2D eigenvalue weighted by Gasteiger charge is -2.20. The Kier molecular flexibility index (Phi) is 5.92. The van der Waals surface area contributed by atoms with E-state index in [1.165, 1.54) is 12.1 Å². The van der Waals surface area contributed by atoms with Gasteiger partial charge in [0.05, 0.1) is 11.5 Å². The number of aliphatic carboxylic acids is 1. The second-order valence-corrected chi connectivity index (χ2v) is 4.45. The number of likely N-dealkylation sites (N-methyl/N-ethyl adjacent to an activating group) is 1. The van der Waals surface area contributed by atoms with Crippen LogP contribution in [-0.2, 0) is 4.79 Å². The lowest BCUT2D eigenvalue weighted by Crippen LogP contribution is -2.36. The van der Waals surface area contributed by atoms with Crippen molar-refractivity contribution in [3.63, 3.8) is 0 Å². The fraction of sp³-hybridized carbons (Fsp3) is 0.462. The van der Waals surface area contributed by atoms with Crippen LogP contribution in [0.1, 0.15) is 13.3 Å². The zero-order valence-electron chi connectivity index (χ0n) is 11.5. The van der Waals surface area contributed by atoms with Crippen molar-refractivity contribution in [3.05, 3.63) is 34.4 Å².